The number of hydrogen-bond donors (Lipinski definition) is 1. The zero-order chi connectivity index (χ0) is 25.4. The van der Waals surface area contributed by atoms with Gasteiger partial charge in [-0.25, -0.2) is 9.67 Å². The first kappa shape index (κ1) is 23.7. The highest BCUT2D eigenvalue weighted by Gasteiger charge is 2.23. The number of rotatable bonds is 5. The number of nitrogens with one attached hydrogen (secondary N) is 1. The first-order chi connectivity index (χ1) is 17.3. The van der Waals surface area contributed by atoms with Gasteiger partial charge in [0.05, 0.1) is 22.8 Å². The van der Waals surface area contributed by atoms with Crippen molar-refractivity contribution in [3.63, 3.8) is 0 Å². The third-order valence-corrected chi connectivity index (χ3v) is 6.93. The van der Waals surface area contributed by atoms with Crippen LogP contribution in [0.5, 0.6) is 0 Å². The average Bonchev–Trinajstić information content (AvgIpc) is 3.55. The maximum absolute atomic E-state index is 13.7. The van der Waals surface area contributed by atoms with E-state index in [0.717, 1.165) is 48.3 Å². The van der Waals surface area contributed by atoms with E-state index in [1.807, 2.05) is 85.8 Å². The molecule has 0 saturated carbocycles. The van der Waals surface area contributed by atoms with Crippen LogP contribution in [0, 0.1) is 13.8 Å². The van der Waals surface area contributed by atoms with Gasteiger partial charge in [-0.1, -0.05) is 30.3 Å². The molecule has 2 amide bonds. The molecule has 5 rings (SSSR count). The minimum atomic E-state index is -0.255. The number of carbonyl (C=O) groups excluding carboxylic acids is 2. The molecule has 1 aliphatic rings. The van der Waals surface area contributed by atoms with Crippen molar-refractivity contribution in [3.8, 4) is 11.3 Å². The normalized spacial score (nSPS) is 13.5. The van der Waals surface area contributed by atoms with E-state index in [4.69, 9.17) is 4.98 Å². The Kier molecular flexibility index (Phi) is 6.31. The largest absolute Gasteiger partial charge is 0.339 e. The van der Waals surface area contributed by atoms with Gasteiger partial charge in [-0.05, 0) is 69.9 Å². The van der Waals surface area contributed by atoms with Crippen LogP contribution in [-0.2, 0) is 0 Å². The lowest BCUT2D eigenvalue weighted by atomic mass is 10.0. The van der Waals surface area contributed by atoms with Crippen LogP contribution in [0.2, 0.25) is 0 Å². The fraction of sp³-hybridized carbons (Fsp3) is 0.310. The Hall–Kier alpha value is -4.00. The standard InChI is InChI=1S/C29H31N5O2/c1-18(2)34-27-24(17-30-34)23(16-26(31-27)21-11-6-5-10-19(21)3)28(35)32-25-13-9-12-22(20(25)4)29(36)33-14-7-8-15-33/h5-6,9-13,16-18H,7-8,14-15H2,1-4H3,(H,32,35). The predicted molar refractivity (Wildman–Crippen MR) is 142 cm³/mol. The number of hydrogen-bond acceptors (Lipinski definition) is 4. The Balaban J connectivity index is 1.56. The minimum Gasteiger partial charge on any atom is -0.339 e. The predicted octanol–water partition coefficient (Wildman–Crippen LogP) is 5.78. The van der Waals surface area contributed by atoms with Gasteiger partial charge in [-0.3, -0.25) is 9.59 Å². The Morgan fingerprint density at radius 1 is 0.972 bits per heavy atom. The van der Waals surface area contributed by atoms with Crippen molar-refractivity contribution >= 4 is 28.5 Å². The van der Waals surface area contributed by atoms with Crippen LogP contribution < -0.4 is 5.32 Å². The van der Waals surface area contributed by atoms with Gasteiger partial charge in [0.25, 0.3) is 11.8 Å². The molecular weight excluding hydrogens is 450 g/mol. The highest BCUT2D eigenvalue weighted by molar-refractivity contribution is 6.13. The maximum atomic E-state index is 13.7. The van der Waals surface area contributed by atoms with Crippen molar-refractivity contribution in [1.29, 1.82) is 0 Å². The fourth-order valence-electron chi connectivity index (χ4n) is 4.87. The molecule has 0 unspecified atom stereocenters. The second kappa shape index (κ2) is 9.57. The molecule has 1 aliphatic heterocycles. The summed E-state index contributed by atoms with van der Waals surface area (Å²) in [4.78, 5) is 33.5. The number of fused-ring (bicyclic) bond motifs is 1. The summed E-state index contributed by atoms with van der Waals surface area (Å²) in [5.74, 6) is -0.234. The van der Waals surface area contributed by atoms with Gasteiger partial charge in [-0.15, -0.1) is 0 Å². The van der Waals surface area contributed by atoms with Gasteiger partial charge in [0.15, 0.2) is 5.65 Å². The molecule has 2 aromatic carbocycles. The van der Waals surface area contributed by atoms with E-state index in [2.05, 4.69) is 10.4 Å². The lowest BCUT2D eigenvalue weighted by molar-refractivity contribution is 0.0791. The summed E-state index contributed by atoms with van der Waals surface area (Å²) in [6.07, 6.45) is 3.78. The monoisotopic (exact) mass is 481 g/mol. The summed E-state index contributed by atoms with van der Waals surface area (Å²) in [5, 5.41) is 8.28. The number of aromatic nitrogens is 3. The molecule has 0 radical (unpaired) electrons. The third-order valence-electron chi connectivity index (χ3n) is 6.93. The van der Waals surface area contributed by atoms with Crippen LogP contribution in [0.25, 0.3) is 22.3 Å². The van der Waals surface area contributed by atoms with E-state index in [9.17, 15) is 9.59 Å². The smallest absolute Gasteiger partial charge is 0.256 e. The van der Waals surface area contributed by atoms with E-state index >= 15 is 0 Å². The molecule has 4 aromatic rings. The number of carbonyl (C=O) groups is 2. The van der Waals surface area contributed by atoms with Gasteiger partial charge in [0, 0.05) is 35.9 Å². The first-order valence-corrected chi connectivity index (χ1v) is 12.5. The van der Waals surface area contributed by atoms with E-state index in [0.29, 0.717) is 27.8 Å². The van der Waals surface area contributed by atoms with E-state index in [1.165, 1.54) is 0 Å². The van der Waals surface area contributed by atoms with Crippen molar-refractivity contribution in [2.45, 2.75) is 46.6 Å². The summed E-state index contributed by atoms with van der Waals surface area (Å²) in [5.41, 5.74) is 5.97. The van der Waals surface area contributed by atoms with Crippen LogP contribution >= 0.6 is 0 Å². The summed E-state index contributed by atoms with van der Waals surface area (Å²) in [6.45, 7) is 9.57. The van der Waals surface area contributed by atoms with Crippen LogP contribution in [0.3, 0.4) is 0 Å². The quantitative estimate of drug-likeness (QED) is 0.392. The molecule has 184 valence electrons. The minimum absolute atomic E-state index is 0.0208. The molecule has 0 atom stereocenters. The van der Waals surface area contributed by atoms with Crippen LogP contribution in [0.15, 0.2) is 54.7 Å². The molecule has 7 nitrogen and oxygen atoms in total. The Morgan fingerprint density at radius 2 is 1.72 bits per heavy atom. The number of pyridine rings is 1. The topological polar surface area (TPSA) is 80.1 Å². The van der Waals surface area contributed by atoms with Gasteiger partial charge >= 0.3 is 0 Å². The molecule has 0 bridgehead atoms. The molecule has 0 spiro atoms. The van der Waals surface area contributed by atoms with Crippen molar-refractivity contribution in [3.05, 3.63) is 77.0 Å². The van der Waals surface area contributed by atoms with Gasteiger partial charge in [-0.2, -0.15) is 5.10 Å². The zero-order valence-corrected chi connectivity index (χ0v) is 21.2. The molecule has 1 fully saturated rings. The van der Waals surface area contributed by atoms with Gasteiger partial charge in [0.1, 0.15) is 0 Å². The number of nitrogens with zero attached hydrogens (tertiary/aromatic N) is 4. The highest BCUT2D eigenvalue weighted by Crippen LogP contribution is 2.29. The number of amides is 2. The van der Waals surface area contributed by atoms with E-state index in [1.54, 1.807) is 6.20 Å². The number of likely N-dealkylation sites (tertiary alicyclic amines) is 1. The molecule has 1 N–H and O–H groups in total. The Morgan fingerprint density at radius 3 is 2.44 bits per heavy atom. The molecule has 7 heteroatoms. The van der Waals surface area contributed by atoms with Gasteiger partial charge < -0.3 is 10.2 Å². The Bertz CT molecular complexity index is 1460. The second-order valence-electron chi connectivity index (χ2n) is 9.72. The molecule has 0 aliphatic carbocycles. The second-order valence-corrected chi connectivity index (χ2v) is 9.72. The summed E-state index contributed by atoms with van der Waals surface area (Å²) < 4.78 is 1.84. The summed E-state index contributed by atoms with van der Waals surface area (Å²) in [6, 6.07) is 15.4. The third kappa shape index (κ3) is 4.26. The first-order valence-electron chi connectivity index (χ1n) is 12.5. The number of anilines is 1. The summed E-state index contributed by atoms with van der Waals surface area (Å²) in [7, 11) is 0. The fourth-order valence-corrected chi connectivity index (χ4v) is 4.87. The maximum Gasteiger partial charge on any atom is 0.256 e. The number of aryl methyl sites for hydroxylation is 1. The lowest BCUT2D eigenvalue weighted by Gasteiger charge is -2.18. The van der Waals surface area contributed by atoms with Gasteiger partial charge in [0.2, 0.25) is 0 Å². The number of benzene rings is 2. The van der Waals surface area contributed by atoms with Crippen LogP contribution in [0.4, 0.5) is 5.69 Å². The Labute approximate surface area is 211 Å². The summed E-state index contributed by atoms with van der Waals surface area (Å²) >= 11 is 0. The molecule has 1 saturated heterocycles. The van der Waals surface area contributed by atoms with Crippen LogP contribution in [0.1, 0.15) is 64.6 Å². The van der Waals surface area contributed by atoms with E-state index in [-0.39, 0.29) is 17.9 Å². The van der Waals surface area contributed by atoms with Crippen molar-refractivity contribution in [2.75, 3.05) is 18.4 Å². The molecule has 2 aromatic heterocycles. The van der Waals surface area contributed by atoms with Crippen molar-refractivity contribution in [1.82, 2.24) is 19.7 Å². The van der Waals surface area contributed by atoms with Crippen molar-refractivity contribution in [2.24, 2.45) is 0 Å². The highest BCUT2D eigenvalue weighted by atomic mass is 16.2. The zero-order valence-electron chi connectivity index (χ0n) is 21.2. The van der Waals surface area contributed by atoms with Crippen molar-refractivity contribution < 1.29 is 9.59 Å². The molecule has 36 heavy (non-hydrogen) atoms. The molecule has 3 heterocycles. The van der Waals surface area contributed by atoms with E-state index < -0.39 is 0 Å². The SMILES string of the molecule is Cc1ccccc1-c1cc(C(=O)Nc2cccc(C(=O)N3CCCC3)c2C)c2cnn(C(C)C)c2n1. The van der Waals surface area contributed by atoms with Crippen LogP contribution in [-0.4, -0.2) is 44.6 Å². The average molecular weight is 482 g/mol. The lowest BCUT2D eigenvalue weighted by Crippen LogP contribution is -2.28. The molecular formula is C29H31N5O2.